The molecule has 1 aliphatic heterocycles. The zero-order valence-electron chi connectivity index (χ0n) is 14.3. The van der Waals surface area contributed by atoms with Crippen LogP contribution < -0.4 is 5.32 Å². The molecule has 3 amide bonds. The molecule has 1 aliphatic rings. The average molecular weight is 400 g/mol. The smallest absolute Gasteiger partial charge is 0.288 e. The molecule has 0 saturated carbocycles. The Bertz CT molecular complexity index is 996. The molecule has 0 spiro atoms. The van der Waals surface area contributed by atoms with Crippen molar-refractivity contribution in [2.45, 2.75) is 6.42 Å². The van der Waals surface area contributed by atoms with Crippen LogP contribution in [0.1, 0.15) is 5.69 Å². The first-order valence-corrected chi connectivity index (χ1v) is 10.2. The van der Waals surface area contributed by atoms with Gasteiger partial charge in [0.05, 0.1) is 17.9 Å². The van der Waals surface area contributed by atoms with Gasteiger partial charge in [-0.1, -0.05) is 42.1 Å². The second-order valence-corrected chi connectivity index (χ2v) is 7.76. The van der Waals surface area contributed by atoms with Crippen LogP contribution in [0.15, 0.2) is 41.9 Å². The quantitative estimate of drug-likeness (QED) is 0.687. The van der Waals surface area contributed by atoms with Crippen LogP contribution in [-0.2, 0) is 16.0 Å². The van der Waals surface area contributed by atoms with E-state index < -0.39 is 0 Å². The molecule has 3 heterocycles. The SMILES string of the molecule is O=C(Cc1csc2nc(-c3ccccc3)cn12)NCCN1C(=O)CSC1=O. The van der Waals surface area contributed by atoms with E-state index >= 15 is 0 Å². The van der Waals surface area contributed by atoms with Gasteiger partial charge in [0.15, 0.2) is 4.96 Å². The number of imidazole rings is 1. The van der Waals surface area contributed by atoms with Crippen LogP contribution in [0.2, 0.25) is 0 Å². The predicted octanol–water partition coefficient (Wildman–Crippen LogP) is 2.42. The molecule has 138 valence electrons. The number of carbonyl (C=O) groups excluding carboxylic acids is 3. The average Bonchev–Trinajstić information content (AvgIpc) is 3.34. The second kappa shape index (κ2) is 7.53. The topological polar surface area (TPSA) is 83.8 Å². The standard InChI is InChI=1S/C18H16N4O3S2/c23-15(19-6-7-21-16(24)11-27-18(21)25)8-13-10-26-17-20-14(9-22(13)17)12-4-2-1-3-5-12/h1-5,9-10H,6-8,11H2,(H,19,23). The highest BCUT2D eigenvalue weighted by atomic mass is 32.2. The molecule has 0 bridgehead atoms. The number of benzene rings is 1. The van der Waals surface area contributed by atoms with Crippen molar-refractivity contribution >= 4 is 45.1 Å². The number of hydrogen-bond acceptors (Lipinski definition) is 6. The van der Waals surface area contributed by atoms with E-state index in [0.717, 1.165) is 33.7 Å². The summed E-state index contributed by atoms with van der Waals surface area (Å²) < 4.78 is 1.93. The van der Waals surface area contributed by atoms with Gasteiger partial charge in [-0.15, -0.1) is 11.3 Å². The molecular weight excluding hydrogens is 384 g/mol. The second-order valence-electron chi connectivity index (χ2n) is 6.00. The predicted molar refractivity (Wildman–Crippen MR) is 105 cm³/mol. The Morgan fingerprint density at radius 3 is 2.78 bits per heavy atom. The van der Waals surface area contributed by atoms with E-state index in [1.165, 1.54) is 16.2 Å². The van der Waals surface area contributed by atoms with E-state index in [1.807, 2.05) is 46.3 Å². The maximum atomic E-state index is 12.2. The molecule has 4 rings (SSSR count). The summed E-state index contributed by atoms with van der Waals surface area (Å²) in [5.74, 6) is -0.175. The van der Waals surface area contributed by atoms with Crippen molar-refractivity contribution in [1.82, 2.24) is 19.6 Å². The number of fused-ring (bicyclic) bond motifs is 1. The zero-order valence-corrected chi connectivity index (χ0v) is 15.9. The molecule has 0 unspecified atom stereocenters. The Morgan fingerprint density at radius 1 is 1.22 bits per heavy atom. The minimum atomic E-state index is -0.249. The Hall–Kier alpha value is -2.65. The number of thioether (sulfide) groups is 1. The van der Waals surface area contributed by atoms with Gasteiger partial charge in [-0.2, -0.15) is 0 Å². The van der Waals surface area contributed by atoms with Crippen molar-refractivity contribution in [3.8, 4) is 11.3 Å². The first-order valence-electron chi connectivity index (χ1n) is 8.36. The molecule has 0 radical (unpaired) electrons. The fraction of sp³-hybridized carbons (Fsp3) is 0.222. The van der Waals surface area contributed by atoms with Crippen LogP contribution >= 0.6 is 23.1 Å². The number of nitrogens with zero attached hydrogens (tertiary/aromatic N) is 3. The molecule has 0 aliphatic carbocycles. The van der Waals surface area contributed by atoms with Gasteiger partial charge in [0, 0.05) is 35.9 Å². The number of thiazole rings is 1. The van der Waals surface area contributed by atoms with E-state index in [0.29, 0.717) is 0 Å². The van der Waals surface area contributed by atoms with Gasteiger partial charge in [0.25, 0.3) is 5.24 Å². The summed E-state index contributed by atoms with van der Waals surface area (Å²) in [6.07, 6.45) is 2.14. The van der Waals surface area contributed by atoms with E-state index in [2.05, 4.69) is 10.3 Å². The zero-order chi connectivity index (χ0) is 18.8. The normalized spacial score (nSPS) is 14.3. The lowest BCUT2D eigenvalue weighted by molar-refractivity contribution is -0.125. The molecule has 2 aromatic heterocycles. The van der Waals surface area contributed by atoms with Crippen molar-refractivity contribution in [3.05, 3.63) is 47.6 Å². The summed E-state index contributed by atoms with van der Waals surface area (Å²) in [5, 5.41) is 4.44. The molecule has 1 fully saturated rings. The first kappa shape index (κ1) is 17.7. The number of aromatic nitrogens is 2. The van der Waals surface area contributed by atoms with Crippen molar-refractivity contribution in [3.63, 3.8) is 0 Å². The molecule has 0 atom stereocenters. The number of imide groups is 1. The number of amides is 3. The number of rotatable bonds is 6. The lowest BCUT2D eigenvalue weighted by Gasteiger charge is -2.12. The minimum Gasteiger partial charge on any atom is -0.354 e. The maximum absolute atomic E-state index is 12.2. The Balaban J connectivity index is 1.38. The van der Waals surface area contributed by atoms with Crippen molar-refractivity contribution in [2.24, 2.45) is 0 Å². The third-order valence-corrected chi connectivity index (χ3v) is 5.94. The van der Waals surface area contributed by atoms with E-state index in [9.17, 15) is 14.4 Å². The summed E-state index contributed by atoms with van der Waals surface area (Å²) in [6.45, 7) is 0.460. The Morgan fingerprint density at radius 2 is 2.04 bits per heavy atom. The minimum absolute atomic E-state index is 0.156. The monoisotopic (exact) mass is 400 g/mol. The molecule has 1 saturated heterocycles. The summed E-state index contributed by atoms with van der Waals surface area (Å²) in [5.41, 5.74) is 2.75. The summed E-state index contributed by atoms with van der Waals surface area (Å²) in [7, 11) is 0. The fourth-order valence-electron chi connectivity index (χ4n) is 2.84. The number of hydrogen-bond donors (Lipinski definition) is 1. The van der Waals surface area contributed by atoms with Gasteiger partial charge < -0.3 is 5.32 Å². The highest BCUT2D eigenvalue weighted by Gasteiger charge is 2.29. The van der Waals surface area contributed by atoms with Gasteiger partial charge in [-0.25, -0.2) is 4.98 Å². The maximum Gasteiger partial charge on any atom is 0.288 e. The first-order chi connectivity index (χ1) is 13.1. The van der Waals surface area contributed by atoms with Gasteiger partial charge in [0.2, 0.25) is 11.8 Å². The molecule has 9 heteroatoms. The fourth-order valence-corrected chi connectivity index (χ4v) is 4.46. The molecule has 27 heavy (non-hydrogen) atoms. The van der Waals surface area contributed by atoms with Crippen LogP contribution in [0, 0.1) is 0 Å². The highest BCUT2D eigenvalue weighted by molar-refractivity contribution is 8.14. The van der Waals surface area contributed by atoms with Crippen molar-refractivity contribution < 1.29 is 14.4 Å². The van der Waals surface area contributed by atoms with Crippen LogP contribution in [0.4, 0.5) is 4.79 Å². The van der Waals surface area contributed by atoms with Crippen molar-refractivity contribution in [2.75, 3.05) is 18.8 Å². The van der Waals surface area contributed by atoms with Crippen molar-refractivity contribution in [1.29, 1.82) is 0 Å². The van der Waals surface area contributed by atoms with E-state index in [1.54, 1.807) is 0 Å². The highest BCUT2D eigenvalue weighted by Crippen LogP contribution is 2.23. The molecular formula is C18H16N4O3S2. The van der Waals surface area contributed by atoms with Crippen LogP contribution in [0.5, 0.6) is 0 Å². The van der Waals surface area contributed by atoms with Gasteiger partial charge in [-0.3, -0.25) is 23.7 Å². The third kappa shape index (κ3) is 3.74. The van der Waals surface area contributed by atoms with Crippen LogP contribution in [0.3, 0.4) is 0 Å². The summed E-state index contributed by atoms with van der Waals surface area (Å²) >= 11 is 2.48. The third-order valence-electron chi connectivity index (χ3n) is 4.19. The molecule has 7 nitrogen and oxygen atoms in total. The van der Waals surface area contributed by atoms with Crippen LogP contribution in [0.25, 0.3) is 16.2 Å². The lowest BCUT2D eigenvalue weighted by Crippen LogP contribution is -2.38. The largest absolute Gasteiger partial charge is 0.354 e. The molecule has 3 aromatic rings. The van der Waals surface area contributed by atoms with Gasteiger partial charge in [-0.05, 0) is 0 Å². The molecule has 1 aromatic carbocycles. The Labute approximate surface area is 163 Å². The molecule has 1 N–H and O–H groups in total. The number of nitrogens with one attached hydrogen (secondary N) is 1. The Kier molecular flexibility index (Phi) is 4.95. The summed E-state index contributed by atoms with van der Waals surface area (Å²) in [6, 6.07) is 9.88. The lowest BCUT2D eigenvalue weighted by atomic mass is 10.2. The van der Waals surface area contributed by atoms with Gasteiger partial charge in [0.1, 0.15) is 0 Å². The number of carbonyl (C=O) groups is 3. The van der Waals surface area contributed by atoms with Gasteiger partial charge >= 0.3 is 0 Å². The van der Waals surface area contributed by atoms with E-state index in [-0.39, 0.29) is 42.3 Å². The summed E-state index contributed by atoms with van der Waals surface area (Å²) in [4.78, 5) is 41.9. The van der Waals surface area contributed by atoms with E-state index in [4.69, 9.17) is 0 Å². The van der Waals surface area contributed by atoms with Crippen LogP contribution in [-0.4, -0.2) is 50.2 Å².